The molecular weight excluding hydrogens is 534 g/mol. The average Bonchev–Trinajstić information content (AvgIpc) is 3.78. The second-order valence-electron chi connectivity index (χ2n) is 11.5. The molecule has 2 unspecified atom stereocenters. The molecule has 0 heterocycles. The quantitative estimate of drug-likeness (QED) is 0.265. The van der Waals surface area contributed by atoms with E-state index in [1.54, 1.807) is 37.4 Å². The number of rotatable bonds is 11. The fourth-order valence-electron chi connectivity index (χ4n) is 4.85. The molecule has 1 aliphatic rings. The van der Waals surface area contributed by atoms with Crippen LogP contribution in [0.1, 0.15) is 64.1 Å². The first-order valence-electron chi connectivity index (χ1n) is 14.3. The van der Waals surface area contributed by atoms with Crippen LogP contribution in [0.15, 0.2) is 66.7 Å². The van der Waals surface area contributed by atoms with Crippen LogP contribution in [0.4, 0.5) is 10.5 Å². The number of amides is 3. The fourth-order valence-corrected chi connectivity index (χ4v) is 5.32. The van der Waals surface area contributed by atoms with Crippen LogP contribution in [0.25, 0.3) is 10.8 Å². The van der Waals surface area contributed by atoms with Gasteiger partial charge in [-0.05, 0) is 92.5 Å². The summed E-state index contributed by atoms with van der Waals surface area (Å²) in [6, 6.07) is 19.9. The summed E-state index contributed by atoms with van der Waals surface area (Å²) >= 11 is 1.60. The Balaban J connectivity index is 1.68. The van der Waals surface area contributed by atoms with E-state index in [0.29, 0.717) is 17.9 Å². The Morgan fingerprint density at radius 1 is 1.00 bits per heavy atom. The second-order valence-corrected chi connectivity index (χ2v) is 12.5. The molecular formula is C33H41N3O4S. The number of aryl methyl sites for hydroxylation is 1. The van der Waals surface area contributed by atoms with E-state index in [1.807, 2.05) is 73.0 Å². The number of ether oxygens (including phenoxy) is 1. The van der Waals surface area contributed by atoms with Crippen molar-refractivity contribution < 1.29 is 19.1 Å². The molecule has 2 N–H and O–H groups in total. The first-order chi connectivity index (χ1) is 19.6. The monoisotopic (exact) mass is 575 g/mol. The number of carbonyl (C=O) groups is 3. The summed E-state index contributed by atoms with van der Waals surface area (Å²) in [6.45, 7) is 7.44. The number of anilines is 1. The van der Waals surface area contributed by atoms with Crippen molar-refractivity contribution in [1.29, 1.82) is 0 Å². The van der Waals surface area contributed by atoms with Gasteiger partial charge in [-0.1, -0.05) is 61.5 Å². The van der Waals surface area contributed by atoms with E-state index in [4.69, 9.17) is 4.74 Å². The third-order valence-corrected chi connectivity index (χ3v) is 7.69. The minimum Gasteiger partial charge on any atom is -0.444 e. The Hall–Kier alpha value is -3.52. The third kappa shape index (κ3) is 8.26. The van der Waals surface area contributed by atoms with Gasteiger partial charge in [0.05, 0.1) is 0 Å². The molecule has 0 radical (unpaired) electrons. The van der Waals surface area contributed by atoms with Crippen LogP contribution in [-0.4, -0.2) is 52.5 Å². The molecule has 2 atom stereocenters. The van der Waals surface area contributed by atoms with Gasteiger partial charge in [0.1, 0.15) is 17.7 Å². The Bertz CT molecular complexity index is 1360. The minimum atomic E-state index is -0.857. The molecule has 0 aromatic heterocycles. The van der Waals surface area contributed by atoms with Gasteiger partial charge in [0.15, 0.2) is 0 Å². The van der Waals surface area contributed by atoms with Gasteiger partial charge in [-0.25, -0.2) is 4.79 Å². The molecule has 0 saturated heterocycles. The minimum absolute atomic E-state index is 0.0853. The number of alkyl carbamates (subject to hydrolysis) is 1. The zero-order valence-corrected chi connectivity index (χ0v) is 25.4. The zero-order chi connectivity index (χ0) is 29.6. The molecule has 0 bridgehead atoms. The van der Waals surface area contributed by atoms with Gasteiger partial charge >= 0.3 is 6.09 Å². The van der Waals surface area contributed by atoms with Gasteiger partial charge in [0.25, 0.3) is 5.91 Å². The van der Waals surface area contributed by atoms with E-state index in [2.05, 4.69) is 17.6 Å². The molecule has 7 nitrogen and oxygen atoms in total. The molecule has 0 aliphatic heterocycles. The fraction of sp³-hybridized carbons (Fsp3) is 0.424. The van der Waals surface area contributed by atoms with Crippen molar-refractivity contribution in [3.63, 3.8) is 0 Å². The smallest absolute Gasteiger partial charge is 0.408 e. The standard InChI is InChI=1S/C33H41N3O4S/c1-6-22-11-13-24(14-12-22)29(30(37)34-26-16-15-23-9-7-8-10-25(23)21-26)36(27-17-18-27)31(38)28(19-20-41-5)35-32(39)40-33(2,3)4/h7-16,21,27-29H,6,17-20H2,1-5H3,(H,34,37)(H,35,39). The molecule has 1 aliphatic carbocycles. The van der Waals surface area contributed by atoms with Gasteiger partial charge in [0.2, 0.25) is 5.91 Å². The van der Waals surface area contributed by atoms with E-state index in [0.717, 1.165) is 41.2 Å². The van der Waals surface area contributed by atoms with Crippen LogP contribution < -0.4 is 10.6 Å². The van der Waals surface area contributed by atoms with Crippen molar-refractivity contribution >= 4 is 46.1 Å². The van der Waals surface area contributed by atoms with Crippen molar-refractivity contribution in [2.75, 3.05) is 17.3 Å². The van der Waals surface area contributed by atoms with E-state index in [-0.39, 0.29) is 17.9 Å². The van der Waals surface area contributed by atoms with Gasteiger partial charge in [0, 0.05) is 11.7 Å². The lowest BCUT2D eigenvalue weighted by molar-refractivity contribution is -0.141. The molecule has 3 aromatic carbocycles. The highest BCUT2D eigenvalue weighted by molar-refractivity contribution is 7.98. The Morgan fingerprint density at radius 2 is 1.68 bits per heavy atom. The second kappa shape index (κ2) is 13.4. The summed E-state index contributed by atoms with van der Waals surface area (Å²) < 4.78 is 5.48. The van der Waals surface area contributed by atoms with E-state index < -0.39 is 23.8 Å². The predicted octanol–water partition coefficient (Wildman–Crippen LogP) is 6.72. The topological polar surface area (TPSA) is 87.7 Å². The van der Waals surface area contributed by atoms with Crippen LogP contribution in [-0.2, 0) is 20.7 Å². The van der Waals surface area contributed by atoms with Gasteiger partial charge < -0.3 is 20.3 Å². The molecule has 1 saturated carbocycles. The van der Waals surface area contributed by atoms with Crippen LogP contribution in [0.3, 0.4) is 0 Å². The van der Waals surface area contributed by atoms with E-state index >= 15 is 0 Å². The number of nitrogens with zero attached hydrogens (tertiary/aromatic N) is 1. The maximum Gasteiger partial charge on any atom is 0.408 e. The van der Waals surface area contributed by atoms with Crippen molar-refractivity contribution in [3.8, 4) is 0 Å². The SMILES string of the molecule is CCc1ccc(C(C(=O)Nc2ccc3ccccc3c2)N(C(=O)C(CCSC)NC(=O)OC(C)(C)C)C2CC2)cc1. The number of fused-ring (bicyclic) bond motifs is 1. The normalized spacial score (nSPS) is 14.7. The first-order valence-corrected chi connectivity index (χ1v) is 15.7. The highest BCUT2D eigenvalue weighted by Gasteiger charge is 2.44. The van der Waals surface area contributed by atoms with E-state index in [9.17, 15) is 14.4 Å². The van der Waals surface area contributed by atoms with Gasteiger partial charge in [-0.15, -0.1) is 0 Å². The van der Waals surface area contributed by atoms with Crippen LogP contribution in [0.5, 0.6) is 0 Å². The Kier molecular flexibility index (Phi) is 9.97. The molecule has 41 heavy (non-hydrogen) atoms. The summed E-state index contributed by atoms with van der Waals surface area (Å²) in [7, 11) is 0. The van der Waals surface area contributed by atoms with Gasteiger partial charge in [-0.2, -0.15) is 11.8 Å². The van der Waals surface area contributed by atoms with Crippen LogP contribution >= 0.6 is 11.8 Å². The highest BCUT2D eigenvalue weighted by Crippen LogP contribution is 2.37. The first kappa shape index (κ1) is 30.4. The number of hydrogen-bond donors (Lipinski definition) is 2. The summed E-state index contributed by atoms with van der Waals surface area (Å²) in [5.41, 5.74) is 1.85. The summed E-state index contributed by atoms with van der Waals surface area (Å²) in [4.78, 5) is 42.8. The maximum atomic E-state index is 14.3. The number of hydrogen-bond acceptors (Lipinski definition) is 5. The Morgan fingerprint density at radius 3 is 2.29 bits per heavy atom. The van der Waals surface area contributed by atoms with Crippen LogP contribution in [0.2, 0.25) is 0 Å². The Labute approximate surface area is 247 Å². The third-order valence-electron chi connectivity index (χ3n) is 7.04. The number of nitrogens with one attached hydrogen (secondary N) is 2. The molecule has 3 aromatic rings. The lowest BCUT2D eigenvalue weighted by atomic mass is 9.99. The lowest BCUT2D eigenvalue weighted by Crippen LogP contribution is -2.53. The predicted molar refractivity (Wildman–Crippen MR) is 167 cm³/mol. The van der Waals surface area contributed by atoms with Crippen molar-refractivity contribution in [2.45, 2.75) is 77.1 Å². The average molecular weight is 576 g/mol. The number of benzene rings is 3. The van der Waals surface area contributed by atoms with Crippen molar-refractivity contribution in [3.05, 3.63) is 77.9 Å². The van der Waals surface area contributed by atoms with Crippen molar-refractivity contribution in [1.82, 2.24) is 10.2 Å². The van der Waals surface area contributed by atoms with Crippen molar-refractivity contribution in [2.24, 2.45) is 0 Å². The number of carbonyl (C=O) groups excluding carboxylic acids is 3. The maximum absolute atomic E-state index is 14.3. The number of thioether (sulfide) groups is 1. The summed E-state index contributed by atoms with van der Waals surface area (Å²) in [5, 5.41) is 7.99. The molecule has 1 fully saturated rings. The van der Waals surface area contributed by atoms with E-state index in [1.165, 1.54) is 0 Å². The summed E-state index contributed by atoms with van der Waals surface area (Å²) in [6.07, 6.45) is 4.23. The largest absolute Gasteiger partial charge is 0.444 e. The molecule has 218 valence electrons. The lowest BCUT2D eigenvalue weighted by Gasteiger charge is -2.34. The highest BCUT2D eigenvalue weighted by atomic mass is 32.2. The molecule has 0 spiro atoms. The van der Waals surface area contributed by atoms with Crippen LogP contribution in [0, 0.1) is 0 Å². The molecule has 8 heteroatoms. The zero-order valence-electron chi connectivity index (χ0n) is 24.6. The summed E-state index contributed by atoms with van der Waals surface area (Å²) in [5.74, 6) is 0.112. The molecule has 3 amide bonds. The molecule has 4 rings (SSSR count). The van der Waals surface area contributed by atoms with Gasteiger partial charge in [-0.3, -0.25) is 9.59 Å².